The lowest BCUT2D eigenvalue weighted by Gasteiger charge is -2.39. The molecule has 0 aromatic heterocycles. The normalized spacial score (nSPS) is 25.4. The van der Waals surface area contributed by atoms with E-state index in [4.69, 9.17) is 11.6 Å². The van der Waals surface area contributed by atoms with Crippen LogP contribution in [0.25, 0.3) is 0 Å². The lowest BCUT2D eigenvalue weighted by Crippen LogP contribution is -2.60. The second-order valence-electron chi connectivity index (χ2n) is 5.54. The molecule has 0 heterocycles. The molecule has 114 valence electrons. The van der Waals surface area contributed by atoms with Crippen molar-refractivity contribution in [2.45, 2.75) is 38.1 Å². The maximum atomic E-state index is 12.4. The van der Waals surface area contributed by atoms with Crippen LogP contribution in [0.15, 0.2) is 22.7 Å². The zero-order valence-corrected chi connectivity index (χ0v) is 14.0. The van der Waals surface area contributed by atoms with Crippen LogP contribution >= 0.6 is 27.5 Å². The highest BCUT2D eigenvalue weighted by atomic mass is 79.9. The summed E-state index contributed by atoms with van der Waals surface area (Å²) >= 11 is 9.22. The highest BCUT2D eigenvalue weighted by Gasteiger charge is 2.46. The molecule has 2 rings (SSSR count). The number of nitrogens with one attached hydrogen (secondary N) is 1. The average molecular weight is 375 g/mol. The Kier molecular flexibility index (Phi) is 4.94. The predicted molar refractivity (Wildman–Crippen MR) is 84.6 cm³/mol. The van der Waals surface area contributed by atoms with Gasteiger partial charge < -0.3 is 10.4 Å². The molecular weight excluding hydrogens is 358 g/mol. The molecule has 1 aliphatic carbocycles. The second kappa shape index (κ2) is 6.36. The highest BCUT2D eigenvalue weighted by Crippen LogP contribution is 2.34. The monoisotopic (exact) mass is 373 g/mol. The molecule has 0 spiro atoms. The number of hydrogen-bond donors (Lipinski definition) is 2. The maximum absolute atomic E-state index is 12.4. The molecule has 2 atom stereocenters. The van der Waals surface area contributed by atoms with Gasteiger partial charge in [0.25, 0.3) is 5.91 Å². The van der Waals surface area contributed by atoms with Gasteiger partial charge in [-0.1, -0.05) is 47.3 Å². The van der Waals surface area contributed by atoms with Crippen LogP contribution in [0.1, 0.15) is 43.0 Å². The van der Waals surface area contributed by atoms with Crippen molar-refractivity contribution in [3.8, 4) is 0 Å². The summed E-state index contributed by atoms with van der Waals surface area (Å²) in [7, 11) is 0. The quantitative estimate of drug-likeness (QED) is 0.844. The molecule has 2 unspecified atom stereocenters. The molecule has 0 bridgehead atoms. The Balaban J connectivity index is 2.28. The van der Waals surface area contributed by atoms with E-state index in [0.29, 0.717) is 21.5 Å². The number of rotatable bonds is 3. The zero-order chi connectivity index (χ0) is 15.6. The van der Waals surface area contributed by atoms with Crippen LogP contribution in [0, 0.1) is 5.92 Å². The van der Waals surface area contributed by atoms with E-state index in [1.807, 2.05) is 6.92 Å². The van der Waals surface area contributed by atoms with E-state index in [2.05, 4.69) is 21.2 Å². The number of carbonyl (C=O) groups is 2. The molecule has 0 saturated heterocycles. The highest BCUT2D eigenvalue weighted by molar-refractivity contribution is 9.10. The number of aliphatic carboxylic acids is 1. The minimum absolute atomic E-state index is 0.102. The molecule has 1 amide bonds. The Bertz CT molecular complexity index is 558. The summed E-state index contributed by atoms with van der Waals surface area (Å²) in [5, 5.41) is 12.8. The Labute approximate surface area is 137 Å². The van der Waals surface area contributed by atoms with E-state index in [-0.39, 0.29) is 5.92 Å². The fourth-order valence-corrected chi connectivity index (χ4v) is 3.72. The Morgan fingerprint density at radius 2 is 2.10 bits per heavy atom. The van der Waals surface area contributed by atoms with Crippen molar-refractivity contribution in [1.29, 1.82) is 0 Å². The number of benzene rings is 1. The largest absolute Gasteiger partial charge is 0.479 e. The van der Waals surface area contributed by atoms with E-state index in [1.165, 1.54) is 6.07 Å². The molecular formula is C15H17BrClNO3. The third kappa shape index (κ3) is 3.40. The molecule has 0 radical (unpaired) electrons. The molecule has 4 nitrogen and oxygen atoms in total. The molecule has 2 N–H and O–H groups in total. The van der Waals surface area contributed by atoms with Gasteiger partial charge in [-0.25, -0.2) is 4.79 Å². The summed E-state index contributed by atoms with van der Waals surface area (Å²) in [5.41, 5.74) is -0.836. The van der Waals surface area contributed by atoms with Crippen LogP contribution in [-0.2, 0) is 4.79 Å². The SMILES string of the molecule is CC1CCCCC1(NC(=O)c1cc(Cl)cc(Br)c1)C(=O)O. The fourth-order valence-electron chi connectivity index (χ4n) is 2.86. The van der Waals surface area contributed by atoms with E-state index < -0.39 is 17.4 Å². The lowest BCUT2D eigenvalue weighted by atomic mass is 9.73. The van der Waals surface area contributed by atoms with E-state index in [1.54, 1.807) is 12.1 Å². The van der Waals surface area contributed by atoms with Gasteiger partial charge in [-0.2, -0.15) is 0 Å². The number of carbonyl (C=O) groups excluding carboxylic acids is 1. The number of carboxylic acid groups (broad SMARTS) is 1. The number of hydrogen-bond acceptors (Lipinski definition) is 2. The van der Waals surface area contributed by atoms with Crippen LogP contribution in [0.4, 0.5) is 0 Å². The van der Waals surface area contributed by atoms with Gasteiger partial charge >= 0.3 is 5.97 Å². The average Bonchev–Trinajstić information content (AvgIpc) is 2.40. The molecule has 1 saturated carbocycles. The third-order valence-electron chi connectivity index (χ3n) is 4.14. The molecule has 21 heavy (non-hydrogen) atoms. The maximum Gasteiger partial charge on any atom is 0.329 e. The van der Waals surface area contributed by atoms with Crippen molar-refractivity contribution in [3.63, 3.8) is 0 Å². The van der Waals surface area contributed by atoms with Crippen molar-refractivity contribution < 1.29 is 14.7 Å². The smallest absolute Gasteiger partial charge is 0.329 e. The van der Waals surface area contributed by atoms with Crippen molar-refractivity contribution in [3.05, 3.63) is 33.3 Å². The van der Waals surface area contributed by atoms with Crippen molar-refractivity contribution in [2.75, 3.05) is 0 Å². The van der Waals surface area contributed by atoms with Crippen LogP contribution in [0.3, 0.4) is 0 Å². The summed E-state index contributed by atoms with van der Waals surface area (Å²) < 4.78 is 0.682. The molecule has 0 aliphatic heterocycles. The first kappa shape index (κ1) is 16.3. The Hall–Kier alpha value is -1.07. The van der Waals surface area contributed by atoms with Gasteiger partial charge in [-0.3, -0.25) is 4.79 Å². The van der Waals surface area contributed by atoms with Gasteiger partial charge in [0.15, 0.2) is 0 Å². The first-order valence-electron chi connectivity index (χ1n) is 6.87. The van der Waals surface area contributed by atoms with Crippen LogP contribution in [-0.4, -0.2) is 22.5 Å². The number of amides is 1. The molecule has 1 aromatic carbocycles. The van der Waals surface area contributed by atoms with Gasteiger partial charge in [-0.05, 0) is 37.0 Å². The predicted octanol–water partition coefficient (Wildman–Crippen LogP) is 3.87. The van der Waals surface area contributed by atoms with E-state index in [9.17, 15) is 14.7 Å². The van der Waals surface area contributed by atoms with Gasteiger partial charge in [0.2, 0.25) is 0 Å². The summed E-state index contributed by atoms with van der Waals surface area (Å²) in [6.45, 7) is 1.88. The summed E-state index contributed by atoms with van der Waals surface area (Å²) in [6, 6.07) is 4.84. The first-order chi connectivity index (χ1) is 9.85. The number of halogens is 2. The minimum Gasteiger partial charge on any atom is -0.479 e. The zero-order valence-electron chi connectivity index (χ0n) is 11.7. The van der Waals surface area contributed by atoms with Crippen LogP contribution in [0.5, 0.6) is 0 Å². The topological polar surface area (TPSA) is 66.4 Å². The summed E-state index contributed by atoms with van der Waals surface area (Å²) in [4.78, 5) is 24.2. The van der Waals surface area contributed by atoms with Crippen molar-refractivity contribution >= 4 is 39.4 Å². The van der Waals surface area contributed by atoms with Gasteiger partial charge in [0.1, 0.15) is 5.54 Å². The Morgan fingerprint density at radius 1 is 1.38 bits per heavy atom. The molecule has 1 fully saturated rings. The van der Waals surface area contributed by atoms with Crippen molar-refractivity contribution in [2.24, 2.45) is 5.92 Å². The van der Waals surface area contributed by atoms with Gasteiger partial charge in [0.05, 0.1) is 0 Å². The van der Waals surface area contributed by atoms with E-state index in [0.717, 1.165) is 19.3 Å². The summed E-state index contributed by atoms with van der Waals surface area (Å²) in [6.07, 6.45) is 3.05. The van der Waals surface area contributed by atoms with Crippen molar-refractivity contribution in [1.82, 2.24) is 5.32 Å². The van der Waals surface area contributed by atoms with Crippen LogP contribution < -0.4 is 5.32 Å². The molecule has 6 heteroatoms. The fraction of sp³-hybridized carbons (Fsp3) is 0.467. The second-order valence-corrected chi connectivity index (χ2v) is 6.89. The van der Waals surface area contributed by atoms with Gasteiger partial charge in [-0.15, -0.1) is 0 Å². The first-order valence-corrected chi connectivity index (χ1v) is 8.04. The summed E-state index contributed by atoms with van der Waals surface area (Å²) in [5.74, 6) is -1.48. The Morgan fingerprint density at radius 3 is 2.67 bits per heavy atom. The number of carboxylic acids is 1. The molecule has 1 aliphatic rings. The minimum atomic E-state index is -1.19. The van der Waals surface area contributed by atoms with Crippen LogP contribution in [0.2, 0.25) is 5.02 Å². The third-order valence-corrected chi connectivity index (χ3v) is 4.82. The lowest BCUT2D eigenvalue weighted by molar-refractivity contribution is -0.148. The van der Waals surface area contributed by atoms with E-state index >= 15 is 0 Å². The van der Waals surface area contributed by atoms with Gasteiger partial charge in [0, 0.05) is 15.1 Å². The molecule has 1 aromatic rings. The standard InChI is InChI=1S/C15H17BrClNO3/c1-9-4-2-3-5-15(9,14(20)21)18-13(19)10-6-11(16)8-12(17)7-10/h6-9H,2-5H2,1H3,(H,18,19)(H,20,21).